The first-order chi connectivity index (χ1) is 11.4. The van der Waals surface area contributed by atoms with Crippen LogP contribution in [0, 0.1) is 17.8 Å². The van der Waals surface area contributed by atoms with Crippen molar-refractivity contribution in [2.75, 3.05) is 13.2 Å². The number of carbonyl (C=O) groups excluding carboxylic acids is 2. The first-order valence-corrected chi connectivity index (χ1v) is 7.04. The maximum atomic E-state index is 12.6. The van der Waals surface area contributed by atoms with Crippen molar-refractivity contribution in [2.45, 2.75) is 30.6 Å². The van der Waals surface area contributed by atoms with Crippen LogP contribution in [0.5, 0.6) is 0 Å². The number of amides is 3. The van der Waals surface area contributed by atoms with E-state index in [2.05, 4.69) is 16.2 Å². The van der Waals surface area contributed by atoms with Gasteiger partial charge in [0.15, 0.2) is 18.1 Å². The van der Waals surface area contributed by atoms with Gasteiger partial charge in [0, 0.05) is 0 Å². The Balaban J connectivity index is 2.01. The summed E-state index contributed by atoms with van der Waals surface area (Å²) in [5.41, 5.74) is 0. The van der Waals surface area contributed by atoms with Crippen molar-refractivity contribution in [1.82, 2.24) is 15.1 Å². The lowest BCUT2D eigenvalue weighted by atomic mass is 10.1. The summed E-state index contributed by atoms with van der Waals surface area (Å²) in [6.07, 6.45) is -0.196. The summed E-state index contributed by atoms with van der Waals surface area (Å²) in [5, 5.41) is 38.9. The van der Waals surface area contributed by atoms with E-state index in [-0.39, 0.29) is 12.4 Å². The average molecular weight is 337 g/mol. The number of nitrogens with one attached hydrogen (secondary N) is 2. The molecule has 5 N–H and O–H groups in total. The number of rotatable bonds is 3. The van der Waals surface area contributed by atoms with Crippen LogP contribution in [0.1, 0.15) is 0 Å². The van der Waals surface area contributed by atoms with Crippen LogP contribution in [-0.2, 0) is 9.53 Å². The van der Waals surface area contributed by atoms with Gasteiger partial charge in [-0.1, -0.05) is 5.92 Å². The molecule has 0 bridgehead atoms. The predicted molar refractivity (Wildman–Crippen MR) is 77.6 cm³/mol. The van der Waals surface area contributed by atoms with E-state index in [4.69, 9.17) is 21.7 Å². The van der Waals surface area contributed by atoms with E-state index in [1.54, 1.807) is 0 Å². The Morgan fingerprint density at radius 1 is 1.38 bits per heavy atom. The highest BCUT2D eigenvalue weighted by Crippen LogP contribution is 2.31. The molecule has 0 aromatic heterocycles. The fraction of sp³-hybridized carbons (Fsp3) is 0.538. The van der Waals surface area contributed by atoms with E-state index >= 15 is 0 Å². The fourth-order valence-electron chi connectivity index (χ4n) is 2.91. The zero-order valence-electron chi connectivity index (χ0n) is 12.3. The lowest BCUT2D eigenvalue weighted by molar-refractivity contribution is -0.121. The molecule has 0 aromatic carbocycles. The van der Waals surface area contributed by atoms with Gasteiger partial charge >= 0.3 is 6.03 Å². The second-order valence-corrected chi connectivity index (χ2v) is 5.42. The van der Waals surface area contributed by atoms with Gasteiger partial charge < -0.3 is 20.1 Å². The topological polar surface area (TPSA) is 159 Å². The summed E-state index contributed by atoms with van der Waals surface area (Å²) < 4.78 is 5.33. The predicted octanol–water partition coefficient (Wildman–Crippen LogP) is -3.37. The highest BCUT2D eigenvalue weighted by Gasteiger charge is 2.56. The molecular formula is C13H15N5O6. The normalized spacial score (nSPS) is 35.7. The number of aliphatic hydroxyl groups excluding tert-OH is 3. The number of nitrogens with zero attached hydrogens (tertiary/aromatic N) is 3. The zero-order chi connectivity index (χ0) is 17.6. The fourth-order valence-corrected chi connectivity index (χ4v) is 2.91. The van der Waals surface area contributed by atoms with Gasteiger partial charge in [0.1, 0.15) is 18.3 Å². The highest BCUT2D eigenvalue weighted by molar-refractivity contribution is 6.25. The number of aliphatic imine (C=N–C) groups is 1. The molecule has 3 aliphatic heterocycles. The van der Waals surface area contributed by atoms with Crippen LogP contribution in [0.2, 0.25) is 0 Å². The van der Waals surface area contributed by atoms with E-state index in [0.29, 0.717) is 0 Å². The molecule has 11 nitrogen and oxygen atoms in total. The van der Waals surface area contributed by atoms with E-state index in [0.717, 1.165) is 9.80 Å². The third kappa shape index (κ3) is 2.24. The minimum atomic E-state index is -1.53. The second-order valence-electron chi connectivity index (χ2n) is 5.42. The molecule has 3 amide bonds. The SMILES string of the molecule is C#CCN1C(=O)N([C@@H]2O[C@H](CO)[C@H](O)[C@H]2O)C2=NC(=N)NC(=O)C21. The first-order valence-electron chi connectivity index (χ1n) is 7.04. The molecule has 11 heteroatoms. The van der Waals surface area contributed by atoms with E-state index in [1.807, 2.05) is 0 Å². The van der Waals surface area contributed by atoms with Crippen molar-refractivity contribution in [3.63, 3.8) is 0 Å². The Labute approximate surface area is 136 Å². The number of terminal acetylenes is 1. The molecule has 24 heavy (non-hydrogen) atoms. The maximum Gasteiger partial charge on any atom is 0.329 e. The summed E-state index contributed by atoms with van der Waals surface area (Å²) in [7, 11) is 0. The summed E-state index contributed by atoms with van der Waals surface area (Å²) in [4.78, 5) is 30.5. The number of aliphatic hydroxyl groups is 3. The number of hydrogen-bond acceptors (Lipinski definition) is 7. The molecule has 0 radical (unpaired) electrons. The van der Waals surface area contributed by atoms with Crippen LogP contribution in [0.15, 0.2) is 4.99 Å². The summed E-state index contributed by atoms with van der Waals surface area (Å²) in [5.74, 6) is 0.989. The van der Waals surface area contributed by atoms with Gasteiger partial charge in [-0.05, 0) is 0 Å². The van der Waals surface area contributed by atoms with Crippen molar-refractivity contribution in [3.05, 3.63) is 0 Å². The van der Waals surface area contributed by atoms with Crippen LogP contribution in [0.3, 0.4) is 0 Å². The minimum Gasteiger partial charge on any atom is -0.394 e. The molecule has 0 spiro atoms. The van der Waals surface area contributed by atoms with Crippen LogP contribution in [0.4, 0.5) is 4.79 Å². The molecule has 5 atom stereocenters. The smallest absolute Gasteiger partial charge is 0.329 e. The standard InChI is InChI=1S/C13H15N5O6/c1-2-3-17-6-9(15-12(14)16-10(6)22)18(13(17)23)11-8(21)7(20)5(4-19)24-11/h1,5-8,11,19-21H,3-4H2,(H2,14,16,22)/t5-,6?,7+,8-,11-/m1/s1. The van der Waals surface area contributed by atoms with Gasteiger partial charge in [0.05, 0.1) is 13.2 Å². The van der Waals surface area contributed by atoms with Crippen LogP contribution < -0.4 is 5.32 Å². The maximum absolute atomic E-state index is 12.6. The Kier molecular flexibility index (Phi) is 3.98. The Hall–Kier alpha value is -2.52. The molecule has 0 saturated carbocycles. The number of fused-ring (bicyclic) bond motifs is 1. The van der Waals surface area contributed by atoms with Crippen LogP contribution in [-0.4, -0.2) is 92.6 Å². The van der Waals surface area contributed by atoms with Gasteiger partial charge in [0.25, 0.3) is 5.91 Å². The van der Waals surface area contributed by atoms with Crippen molar-refractivity contribution < 1.29 is 29.6 Å². The van der Waals surface area contributed by atoms with Crippen molar-refractivity contribution in [1.29, 1.82) is 5.41 Å². The van der Waals surface area contributed by atoms with Crippen molar-refractivity contribution in [2.24, 2.45) is 4.99 Å². The summed E-state index contributed by atoms with van der Waals surface area (Å²) in [6.45, 7) is -0.772. The van der Waals surface area contributed by atoms with Gasteiger partial charge in [-0.3, -0.25) is 20.4 Å². The molecule has 128 valence electrons. The quantitative estimate of drug-likeness (QED) is 0.338. The Morgan fingerprint density at radius 2 is 2.08 bits per heavy atom. The number of hydrogen-bond donors (Lipinski definition) is 5. The van der Waals surface area contributed by atoms with Gasteiger partial charge in [-0.15, -0.1) is 6.42 Å². The number of carbonyl (C=O) groups is 2. The van der Waals surface area contributed by atoms with Crippen molar-refractivity contribution >= 4 is 23.7 Å². The third-order valence-corrected chi connectivity index (χ3v) is 4.00. The van der Waals surface area contributed by atoms with Crippen LogP contribution in [0.25, 0.3) is 0 Å². The summed E-state index contributed by atoms with van der Waals surface area (Å²) >= 11 is 0. The molecular weight excluding hydrogens is 322 g/mol. The highest BCUT2D eigenvalue weighted by atomic mass is 16.6. The van der Waals surface area contributed by atoms with Gasteiger partial charge in [-0.25, -0.2) is 9.69 Å². The molecule has 2 saturated heterocycles. The molecule has 3 aliphatic rings. The summed E-state index contributed by atoms with van der Waals surface area (Å²) in [6, 6.07) is -1.92. The largest absolute Gasteiger partial charge is 0.394 e. The molecule has 0 aromatic rings. The molecule has 3 heterocycles. The van der Waals surface area contributed by atoms with Gasteiger partial charge in [-0.2, -0.15) is 4.99 Å². The second kappa shape index (κ2) is 5.84. The molecule has 1 unspecified atom stereocenters. The number of guanidine groups is 1. The van der Waals surface area contributed by atoms with E-state index < -0.39 is 55.1 Å². The number of amidine groups is 1. The lowest BCUT2D eigenvalue weighted by Crippen LogP contribution is -2.54. The Bertz CT molecular complexity index is 672. The first kappa shape index (κ1) is 16.3. The van der Waals surface area contributed by atoms with Crippen LogP contribution >= 0.6 is 0 Å². The minimum absolute atomic E-state index is 0.126. The third-order valence-electron chi connectivity index (χ3n) is 4.00. The number of ether oxygens (including phenoxy) is 1. The van der Waals surface area contributed by atoms with E-state index in [9.17, 15) is 19.8 Å². The lowest BCUT2D eigenvalue weighted by Gasteiger charge is -2.26. The monoisotopic (exact) mass is 337 g/mol. The van der Waals surface area contributed by atoms with Crippen molar-refractivity contribution in [3.8, 4) is 12.3 Å². The molecule has 0 aliphatic carbocycles. The van der Waals surface area contributed by atoms with Gasteiger partial charge in [0.2, 0.25) is 5.96 Å². The number of urea groups is 1. The zero-order valence-corrected chi connectivity index (χ0v) is 12.3. The molecule has 3 rings (SSSR count). The Morgan fingerprint density at radius 3 is 2.67 bits per heavy atom. The molecule has 2 fully saturated rings. The van der Waals surface area contributed by atoms with E-state index in [1.165, 1.54) is 0 Å². The average Bonchev–Trinajstić information content (AvgIpc) is 2.96.